The second-order valence-corrected chi connectivity index (χ2v) is 6.40. The molecular formula is C16H14ClN5OS. The molecule has 1 aromatic carbocycles. The Morgan fingerprint density at radius 3 is 2.62 bits per heavy atom. The first kappa shape index (κ1) is 16.4. The largest absolute Gasteiger partial charge is 0.382 e. The Balaban J connectivity index is 2.03. The van der Waals surface area contributed by atoms with Gasteiger partial charge in [0.15, 0.2) is 11.6 Å². The summed E-state index contributed by atoms with van der Waals surface area (Å²) < 4.78 is 1.50. The third kappa shape index (κ3) is 3.52. The number of rotatable bonds is 4. The highest BCUT2D eigenvalue weighted by atomic mass is 35.5. The lowest BCUT2D eigenvalue weighted by Crippen LogP contribution is -2.09. The van der Waals surface area contributed by atoms with Crippen LogP contribution in [-0.4, -0.2) is 20.7 Å². The van der Waals surface area contributed by atoms with E-state index in [1.807, 2.05) is 18.2 Å². The Morgan fingerprint density at radius 2 is 2.00 bits per heavy atom. The average Bonchev–Trinajstić information content (AvgIpc) is 2.87. The molecule has 0 radical (unpaired) electrons. The molecule has 0 fully saturated rings. The minimum Gasteiger partial charge on any atom is -0.382 e. The van der Waals surface area contributed by atoms with Crippen molar-refractivity contribution >= 4 is 40.8 Å². The van der Waals surface area contributed by atoms with Gasteiger partial charge < -0.3 is 11.1 Å². The van der Waals surface area contributed by atoms with Crippen molar-refractivity contribution in [2.24, 2.45) is 0 Å². The van der Waals surface area contributed by atoms with Crippen LogP contribution in [-0.2, 0) is 4.79 Å². The minimum atomic E-state index is -0.222. The molecule has 6 nitrogen and oxygen atoms in total. The standard InChI is InChI=1S/C16H14ClN5OS/c1-10(23)20-14-15(18)22(13-4-2-3-9-19-13)21-16(14)24-12-7-5-11(17)6-8-12/h2-9H,18H2,1H3,(H,20,23). The molecule has 0 spiro atoms. The van der Waals surface area contributed by atoms with E-state index in [1.165, 1.54) is 23.4 Å². The zero-order chi connectivity index (χ0) is 17.1. The predicted molar refractivity (Wildman–Crippen MR) is 95.7 cm³/mol. The zero-order valence-corrected chi connectivity index (χ0v) is 14.3. The highest BCUT2D eigenvalue weighted by Gasteiger charge is 2.19. The van der Waals surface area contributed by atoms with E-state index in [4.69, 9.17) is 17.3 Å². The molecule has 8 heteroatoms. The molecule has 0 saturated carbocycles. The molecule has 2 aromatic heterocycles. The number of carbonyl (C=O) groups is 1. The number of nitrogens with one attached hydrogen (secondary N) is 1. The SMILES string of the molecule is CC(=O)Nc1c(Sc2ccc(Cl)cc2)nn(-c2ccccn2)c1N. The lowest BCUT2D eigenvalue weighted by atomic mass is 10.4. The summed E-state index contributed by atoms with van der Waals surface area (Å²) in [5.74, 6) is 0.671. The number of benzene rings is 1. The van der Waals surface area contributed by atoms with Crippen molar-refractivity contribution in [2.75, 3.05) is 11.1 Å². The number of nitrogens with zero attached hydrogens (tertiary/aromatic N) is 3. The minimum absolute atomic E-state index is 0.222. The summed E-state index contributed by atoms with van der Waals surface area (Å²) in [6.07, 6.45) is 1.65. The van der Waals surface area contributed by atoms with Crippen LogP contribution in [0.2, 0.25) is 5.02 Å². The Labute approximate surface area is 148 Å². The lowest BCUT2D eigenvalue weighted by molar-refractivity contribution is -0.114. The molecule has 0 aliphatic carbocycles. The van der Waals surface area contributed by atoms with Crippen LogP contribution < -0.4 is 11.1 Å². The van der Waals surface area contributed by atoms with E-state index in [0.29, 0.717) is 27.4 Å². The van der Waals surface area contributed by atoms with Gasteiger partial charge in [0.1, 0.15) is 10.7 Å². The van der Waals surface area contributed by atoms with Gasteiger partial charge in [0.25, 0.3) is 0 Å². The van der Waals surface area contributed by atoms with Gasteiger partial charge in [-0.3, -0.25) is 4.79 Å². The Bertz CT molecular complexity index is 864. The molecule has 3 rings (SSSR count). The molecule has 0 bridgehead atoms. The molecule has 2 heterocycles. The normalized spacial score (nSPS) is 10.6. The molecule has 0 unspecified atom stereocenters. The molecule has 3 aromatic rings. The van der Waals surface area contributed by atoms with Crippen LogP contribution in [0.5, 0.6) is 0 Å². The van der Waals surface area contributed by atoms with Crippen LogP contribution in [0.15, 0.2) is 58.6 Å². The fraction of sp³-hybridized carbons (Fsp3) is 0.0625. The van der Waals surface area contributed by atoms with Gasteiger partial charge in [-0.1, -0.05) is 29.4 Å². The van der Waals surface area contributed by atoms with Crippen molar-refractivity contribution in [3.05, 3.63) is 53.7 Å². The number of anilines is 2. The Morgan fingerprint density at radius 1 is 1.25 bits per heavy atom. The van der Waals surface area contributed by atoms with Crippen LogP contribution >= 0.6 is 23.4 Å². The van der Waals surface area contributed by atoms with Gasteiger partial charge >= 0.3 is 0 Å². The summed E-state index contributed by atoms with van der Waals surface area (Å²) in [4.78, 5) is 16.7. The van der Waals surface area contributed by atoms with E-state index in [2.05, 4.69) is 15.4 Å². The number of nitrogens with two attached hydrogens (primary N) is 1. The van der Waals surface area contributed by atoms with Crippen LogP contribution in [0, 0.1) is 0 Å². The quantitative estimate of drug-likeness (QED) is 0.743. The molecule has 122 valence electrons. The second kappa shape index (κ2) is 6.94. The first-order valence-electron chi connectivity index (χ1n) is 7.05. The van der Waals surface area contributed by atoms with Gasteiger partial charge in [-0.2, -0.15) is 9.78 Å². The third-order valence-electron chi connectivity index (χ3n) is 3.08. The number of carbonyl (C=O) groups excluding carboxylic acids is 1. The summed E-state index contributed by atoms with van der Waals surface area (Å²) in [7, 11) is 0. The van der Waals surface area contributed by atoms with E-state index >= 15 is 0 Å². The fourth-order valence-electron chi connectivity index (χ4n) is 2.04. The summed E-state index contributed by atoms with van der Waals surface area (Å²) >= 11 is 7.29. The zero-order valence-electron chi connectivity index (χ0n) is 12.7. The van der Waals surface area contributed by atoms with Crippen LogP contribution in [0.4, 0.5) is 11.5 Å². The van der Waals surface area contributed by atoms with E-state index in [0.717, 1.165) is 4.90 Å². The number of hydrogen-bond acceptors (Lipinski definition) is 5. The number of aromatic nitrogens is 3. The first-order valence-corrected chi connectivity index (χ1v) is 8.25. The van der Waals surface area contributed by atoms with Gasteiger partial charge in [-0.15, -0.1) is 0 Å². The first-order chi connectivity index (χ1) is 11.5. The number of amides is 1. The van der Waals surface area contributed by atoms with Crippen molar-refractivity contribution in [1.29, 1.82) is 0 Å². The van der Waals surface area contributed by atoms with Crippen molar-refractivity contribution in [2.45, 2.75) is 16.8 Å². The van der Waals surface area contributed by atoms with Gasteiger partial charge in [-0.05, 0) is 36.4 Å². The maximum atomic E-state index is 11.5. The Kier molecular flexibility index (Phi) is 4.73. The van der Waals surface area contributed by atoms with E-state index < -0.39 is 0 Å². The smallest absolute Gasteiger partial charge is 0.221 e. The van der Waals surface area contributed by atoms with Crippen LogP contribution in [0.25, 0.3) is 5.82 Å². The fourth-order valence-corrected chi connectivity index (χ4v) is 3.04. The molecule has 3 N–H and O–H groups in total. The van der Waals surface area contributed by atoms with Crippen LogP contribution in [0.1, 0.15) is 6.92 Å². The third-order valence-corrected chi connectivity index (χ3v) is 4.32. The lowest BCUT2D eigenvalue weighted by Gasteiger charge is -2.04. The van der Waals surface area contributed by atoms with E-state index in [9.17, 15) is 4.79 Å². The van der Waals surface area contributed by atoms with Gasteiger partial charge in [0, 0.05) is 23.0 Å². The molecule has 1 amide bonds. The molecular weight excluding hydrogens is 346 g/mol. The van der Waals surface area contributed by atoms with Gasteiger partial charge in [0.05, 0.1) is 0 Å². The highest BCUT2D eigenvalue weighted by Crippen LogP contribution is 2.37. The topological polar surface area (TPSA) is 85.8 Å². The van der Waals surface area contributed by atoms with Crippen molar-refractivity contribution < 1.29 is 4.79 Å². The maximum absolute atomic E-state index is 11.5. The summed E-state index contributed by atoms with van der Waals surface area (Å²) in [6, 6.07) is 12.8. The number of hydrogen-bond donors (Lipinski definition) is 2. The predicted octanol–water partition coefficient (Wildman–Crippen LogP) is 3.61. The van der Waals surface area contributed by atoms with E-state index in [-0.39, 0.29) is 5.91 Å². The van der Waals surface area contributed by atoms with Crippen molar-refractivity contribution in [1.82, 2.24) is 14.8 Å². The number of halogens is 1. The summed E-state index contributed by atoms with van der Waals surface area (Å²) in [5, 5.41) is 8.47. The number of pyridine rings is 1. The highest BCUT2D eigenvalue weighted by molar-refractivity contribution is 7.99. The monoisotopic (exact) mass is 359 g/mol. The summed E-state index contributed by atoms with van der Waals surface area (Å²) in [5.41, 5.74) is 6.64. The molecule has 0 saturated heterocycles. The molecule has 24 heavy (non-hydrogen) atoms. The number of nitrogen functional groups attached to an aromatic ring is 1. The molecule has 0 atom stereocenters. The average molecular weight is 360 g/mol. The Hall–Kier alpha value is -2.51. The van der Waals surface area contributed by atoms with Gasteiger partial charge in [-0.25, -0.2) is 4.98 Å². The van der Waals surface area contributed by atoms with Crippen molar-refractivity contribution in [3.63, 3.8) is 0 Å². The molecule has 0 aliphatic rings. The van der Waals surface area contributed by atoms with E-state index in [1.54, 1.807) is 30.5 Å². The van der Waals surface area contributed by atoms with Crippen LogP contribution in [0.3, 0.4) is 0 Å². The maximum Gasteiger partial charge on any atom is 0.221 e. The van der Waals surface area contributed by atoms with Gasteiger partial charge in [0.2, 0.25) is 5.91 Å². The molecule has 0 aliphatic heterocycles. The second-order valence-electron chi connectivity index (χ2n) is 4.90. The summed E-state index contributed by atoms with van der Waals surface area (Å²) in [6.45, 7) is 1.42. The van der Waals surface area contributed by atoms with Crippen molar-refractivity contribution in [3.8, 4) is 5.82 Å².